The molecular formula is C28H33F3N2O4. The third-order valence-electron chi connectivity index (χ3n) is 7.77. The lowest BCUT2D eigenvalue weighted by molar-refractivity contribution is -0.240. The standard InChI is InChI=1S/C28H33F3N2O4/c1-36-23-10-6-21(24(18-23)37-2)7-11-25(34)33-16-12-20(13-17-33)19-4-8-22(9-5-19)32-26(35)27(14-3-15-27)28(29,30)31/h4-6,8-10,18,20H,3,7,11-17H2,1-2H3,(H,32,35). The summed E-state index contributed by atoms with van der Waals surface area (Å²) in [6, 6.07) is 12.6. The number of ether oxygens (including phenoxy) is 2. The van der Waals surface area contributed by atoms with Crippen LogP contribution in [-0.2, 0) is 16.0 Å². The number of piperidine rings is 1. The number of aryl methyl sites for hydroxylation is 1. The second kappa shape index (κ2) is 11.0. The van der Waals surface area contributed by atoms with Crippen LogP contribution in [0.2, 0.25) is 0 Å². The van der Waals surface area contributed by atoms with E-state index in [1.54, 1.807) is 26.4 Å². The summed E-state index contributed by atoms with van der Waals surface area (Å²) in [5.74, 6) is 0.783. The number of hydrogen-bond donors (Lipinski definition) is 1. The molecule has 2 fully saturated rings. The Labute approximate surface area is 215 Å². The van der Waals surface area contributed by atoms with E-state index in [9.17, 15) is 22.8 Å². The third-order valence-corrected chi connectivity index (χ3v) is 7.77. The molecule has 2 aromatic carbocycles. The second-order valence-electron chi connectivity index (χ2n) is 9.84. The zero-order chi connectivity index (χ0) is 26.6. The number of alkyl halides is 3. The number of anilines is 1. The van der Waals surface area contributed by atoms with Gasteiger partial charge in [0.2, 0.25) is 11.8 Å². The quantitative estimate of drug-likeness (QED) is 0.486. The fraction of sp³-hybridized carbons (Fsp3) is 0.500. The van der Waals surface area contributed by atoms with Crippen LogP contribution in [-0.4, -0.2) is 50.2 Å². The molecule has 1 saturated carbocycles. The zero-order valence-corrected chi connectivity index (χ0v) is 21.2. The maximum Gasteiger partial charge on any atom is 0.403 e. The van der Waals surface area contributed by atoms with Gasteiger partial charge in [-0.1, -0.05) is 24.6 Å². The molecular weight excluding hydrogens is 485 g/mol. The highest BCUT2D eigenvalue weighted by molar-refractivity contribution is 5.96. The van der Waals surface area contributed by atoms with Gasteiger partial charge in [0.05, 0.1) is 14.2 Å². The molecule has 0 bridgehead atoms. The van der Waals surface area contributed by atoms with Gasteiger partial charge >= 0.3 is 6.18 Å². The van der Waals surface area contributed by atoms with Crippen molar-refractivity contribution in [3.05, 3.63) is 53.6 Å². The van der Waals surface area contributed by atoms with E-state index in [4.69, 9.17) is 9.47 Å². The van der Waals surface area contributed by atoms with Crippen molar-refractivity contribution >= 4 is 17.5 Å². The van der Waals surface area contributed by atoms with Crippen LogP contribution in [0.25, 0.3) is 0 Å². The number of carbonyl (C=O) groups excluding carboxylic acids is 2. The molecule has 1 heterocycles. The van der Waals surface area contributed by atoms with Crippen LogP contribution in [0, 0.1) is 5.41 Å². The van der Waals surface area contributed by atoms with Crippen molar-refractivity contribution in [3.63, 3.8) is 0 Å². The predicted molar refractivity (Wildman–Crippen MR) is 134 cm³/mol. The van der Waals surface area contributed by atoms with Crippen LogP contribution in [0.3, 0.4) is 0 Å². The summed E-state index contributed by atoms with van der Waals surface area (Å²) in [6.07, 6.45) is -1.88. The zero-order valence-electron chi connectivity index (χ0n) is 21.2. The number of methoxy groups -OCH3 is 2. The van der Waals surface area contributed by atoms with E-state index in [1.807, 2.05) is 35.2 Å². The molecule has 37 heavy (non-hydrogen) atoms. The first-order valence-corrected chi connectivity index (χ1v) is 12.6. The van der Waals surface area contributed by atoms with Crippen LogP contribution in [0.5, 0.6) is 11.5 Å². The lowest BCUT2D eigenvalue weighted by Gasteiger charge is -2.41. The van der Waals surface area contributed by atoms with Gasteiger partial charge < -0.3 is 19.7 Å². The molecule has 0 aromatic heterocycles. The maximum atomic E-state index is 13.4. The van der Waals surface area contributed by atoms with Crippen LogP contribution in [0.15, 0.2) is 42.5 Å². The van der Waals surface area contributed by atoms with Gasteiger partial charge in [-0.05, 0) is 67.3 Å². The van der Waals surface area contributed by atoms with Gasteiger partial charge in [-0.15, -0.1) is 0 Å². The Morgan fingerprint density at radius 3 is 2.24 bits per heavy atom. The molecule has 9 heteroatoms. The highest BCUT2D eigenvalue weighted by Crippen LogP contribution is 2.53. The van der Waals surface area contributed by atoms with Crippen molar-refractivity contribution in [2.45, 2.75) is 57.0 Å². The Bertz CT molecular complexity index is 1110. The molecule has 200 valence electrons. The van der Waals surface area contributed by atoms with E-state index in [-0.39, 0.29) is 24.7 Å². The topological polar surface area (TPSA) is 67.9 Å². The molecule has 6 nitrogen and oxygen atoms in total. The summed E-state index contributed by atoms with van der Waals surface area (Å²) in [7, 11) is 3.19. The molecule has 0 atom stereocenters. The fourth-order valence-corrected chi connectivity index (χ4v) is 5.18. The smallest absolute Gasteiger partial charge is 0.403 e. The van der Waals surface area contributed by atoms with Crippen LogP contribution in [0.4, 0.5) is 18.9 Å². The number of nitrogens with one attached hydrogen (secondary N) is 1. The summed E-state index contributed by atoms with van der Waals surface area (Å²) in [4.78, 5) is 27.1. The predicted octanol–water partition coefficient (Wildman–Crippen LogP) is 5.71. The minimum atomic E-state index is -4.54. The largest absolute Gasteiger partial charge is 0.497 e. The van der Waals surface area contributed by atoms with Gasteiger partial charge in [-0.3, -0.25) is 9.59 Å². The Kier molecular flexibility index (Phi) is 7.99. The molecule has 1 aliphatic heterocycles. The molecule has 1 saturated heterocycles. The van der Waals surface area contributed by atoms with Crippen LogP contribution < -0.4 is 14.8 Å². The first-order valence-electron chi connectivity index (χ1n) is 12.6. The average Bonchev–Trinajstić information content (AvgIpc) is 2.86. The van der Waals surface area contributed by atoms with Gasteiger partial charge in [-0.2, -0.15) is 13.2 Å². The van der Waals surface area contributed by atoms with Crippen molar-refractivity contribution in [3.8, 4) is 11.5 Å². The minimum absolute atomic E-state index is 0.101. The van der Waals surface area contributed by atoms with Crippen molar-refractivity contribution < 1.29 is 32.2 Å². The molecule has 2 aromatic rings. The molecule has 1 aliphatic carbocycles. The number of carbonyl (C=O) groups is 2. The maximum absolute atomic E-state index is 13.4. The van der Waals surface area contributed by atoms with Crippen molar-refractivity contribution in [1.29, 1.82) is 0 Å². The van der Waals surface area contributed by atoms with E-state index in [0.29, 0.717) is 49.5 Å². The van der Waals surface area contributed by atoms with Crippen molar-refractivity contribution in [1.82, 2.24) is 4.90 Å². The van der Waals surface area contributed by atoms with E-state index in [0.717, 1.165) is 24.0 Å². The summed E-state index contributed by atoms with van der Waals surface area (Å²) in [5.41, 5.74) is 0.120. The van der Waals surface area contributed by atoms with Gasteiger partial charge in [0, 0.05) is 31.3 Å². The van der Waals surface area contributed by atoms with Crippen molar-refractivity contribution in [2.24, 2.45) is 5.41 Å². The highest BCUT2D eigenvalue weighted by Gasteiger charge is 2.63. The lowest BCUT2D eigenvalue weighted by Crippen LogP contribution is -2.52. The normalized spacial score (nSPS) is 17.6. The van der Waals surface area contributed by atoms with Gasteiger partial charge in [0.1, 0.15) is 16.9 Å². The number of hydrogen-bond acceptors (Lipinski definition) is 4. The number of rotatable bonds is 8. The Morgan fingerprint density at radius 2 is 1.70 bits per heavy atom. The molecule has 2 amide bonds. The number of halogens is 3. The molecule has 1 N–H and O–H groups in total. The lowest BCUT2D eigenvalue weighted by atomic mass is 9.67. The van der Waals surface area contributed by atoms with Gasteiger partial charge in [-0.25, -0.2) is 0 Å². The molecule has 4 rings (SSSR count). The minimum Gasteiger partial charge on any atom is -0.497 e. The summed E-state index contributed by atoms with van der Waals surface area (Å²) in [5, 5.41) is 2.46. The van der Waals surface area contributed by atoms with Gasteiger partial charge in [0.25, 0.3) is 0 Å². The second-order valence-corrected chi connectivity index (χ2v) is 9.84. The first-order chi connectivity index (χ1) is 17.7. The summed E-state index contributed by atoms with van der Waals surface area (Å²) < 4.78 is 50.8. The van der Waals surface area contributed by atoms with Gasteiger partial charge in [0.15, 0.2) is 0 Å². The van der Waals surface area contributed by atoms with E-state index in [2.05, 4.69) is 5.32 Å². The number of likely N-dealkylation sites (tertiary alicyclic amines) is 1. The Hall–Kier alpha value is -3.23. The van der Waals surface area contributed by atoms with E-state index >= 15 is 0 Å². The number of nitrogens with zero attached hydrogens (tertiary/aromatic N) is 1. The van der Waals surface area contributed by atoms with E-state index in [1.165, 1.54) is 0 Å². The fourth-order valence-electron chi connectivity index (χ4n) is 5.18. The summed E-state index contributed by atoms with van der Waals surface area (Å²) >= 11 is 0. The van der Waals surface area contributed by atoms with E-state index < -0.39 is 17.5 Å². The van der Waals surface area contributed by atoms with Crippen LogP contribution >= 0.6 is 0 Å². The van der Waals surface area contributed by atoms with Crippen LogP contribution in [0.1, 0.15) is 55.6 Å². The Morgan fingerprint density at radius 1 is 1.03 bits per heavy atom. The van der Waals surface area contributed by atoms with Crippen molar-refractivity contribution in [2.75, 3.05) is 32.6 Å². The monoisotopic (exact) mass is 518 g/mol. The SMILES string of the molecule is COc1ccc(CCC(=O)N2CCC(c3ccc(NC(=O)C4(C(F)(F)F)CCC4)cc3)CC2)c(OC)c1. The number of benzene rings is 2. The first kappa shape index (κ1) is 26.8. The highest BCUT2D eigenvalue weighted by atomic mass is 19.4. The molecule has 0 radical (unpaired) electrons. The average molecular weight is 519 g/mol. The number of amides is 2. The molecule has 0 spiro atoms. The summed E-state index contributed by atoms with van der Waals surface area (Å²) in [6.45, 7) is 1.30. The third kappa shape index (κ3) is 5.70. The Balaban J connectivity index is 1.27. The molecule has 2 aliphatic rings. The molecule has 0 unspecified atom stereocenters.